The zero-order valence-electron chi connectivity index (χ0n) is 11.6. The number of hydroxylamine groups is 1. The molecule has 0 bridgehead atoms. The maximum Gasteiger partial charge on any atom is 0.240 e. The van der Waals surface area contributed by atoms with Crippen molar-refractivity contribution in [2.45, 2.75) is 4.90 Å². The van der Waals surface area contributed by atoms with E-state index >= 15 is 0 Å². The Hall–Kier alpha value is -1.89. The van der Waals surface area contributed by atoms with Crippen LogP contribution in [0.4, 0.5) is 0 Å². The number of halogens is 1. The van der Waals surface area contributed by atoms with Crippen LogP contribution in [0.2, 0.25) is 5.02 Å². The van der Waals surface area contributed by atoms with Gasteiger partial charge < -0.3 is 5.21 Å². The lowest BCUT2D eigenvalue weighted by molar-refractivity contribution is -0.449. The molecule has 0 fully saturated rings. The highest BCUT2D eigenvalue weighted by Gasteiger charge is 2.13. The molecule has 0 aromatic heterocycles. The highest BCUT2D eigenvalue weighted by Crippen LogP contribution is 2.13. The molecular weight excluding hydrogens is 324 g/mol. The topological polar surface area (TPSA) is 72.2 Å². The second kappa shape index (κ2) is 7.40. The fraction of sp³-hybridized carbons (Fsp3) is 0.133. The zero-order chi connectivity index (χ0) is 16.0. The predicted octanol–water partition coefficient (Wildman–Crippen LogP) is 2.25. The molecule has 0 radical (unpaired) electrons. The molecule has 0 saturated heterocycles. The van der Waals surface area contributed by atoms with Crippen LogP contribution in [0.1, 0.15) is 5.56 Å². The van der Waals surface area contributed by atoms with Crippen LogP contribution in [-0.2, 0) is 10.0 Å². The lowest BCUT2D eigenvalue weighted by Crippen LogP contribution is -2.29. The zero-order valence-corrected chi connectivity index (χ0v) is 13.2. The third-order valence-corrected chi connectivity index (χ3v) is 4.57. The number of benzene rings is 2. The molecule has 0 saturated carbocycles. The van der Waals surface area contributed by atoms with Crippen molar-refractivity contribution < 1.29 is 13.2 Å². The van der Waals surface area contributed by atoms with Crippen molar-refractivity contribution in [2.75, 3.05) is 13.1 Å². The summed E-state index contributed by atoms with van der Waals surface area (Å²) >= 11 is 5.72. The van der Waals surface area contributed by atoms with Crippen molar-refractivity contribution in [3.05, 3.63) is 70.4 Å². The highest BCUT2D eigenvalue weighted by molar-refractivity contribution is 7.89. The molecule has 116 valence electrons. The molecule has 0 spiro atoms. The van der Waals surface area contributed by atoms with Gasteiger partial charge in [0.05, 0.1) is 11.4 Å². The van der Waals surface area contributed by atoms with Crippen LogP contribution in [-0.4, -0.2) is 32.5 Å². The van der Waals surface area contributed by atoms with Crippen molar-refractivity contribution in [1.29, 1.82) is 0 Å². The summed E-state index contributed by atoms with van der Waals surface area (Å²) in [6, 6.07) is 14.9. The van der Waals surface area contributed by atoms with Gasteiger partial charge in [0.15, 0.2) is 12.8 Å². The Labute approximate surface area is 134 Å². The van der Waals surface area contributed by atoms with Crippen molar-refractivity contribution in [2.24, 2.45) is 0 Å². The first-order valence-corrected chi connectivity index (χ1v) is 8.42. The number of nitrogens with zero attached hydrogens (tertiary/aromatic N) is 1. The van der Waals surface area contributed by atoms with Crippen molar-refractivity contribution in [1.82, 2.24) is 4.72 Å². The molecule has 0 amide bonds. The van der Waals surface area contributed by atoms with Gasteiger partial charge in [-0.05, 0) is 36.4 Å². The van der Waals surface area contributed by atoms with Crippen LogP contribution in [0.5, 0.6) is 0 Å². The first kappa shape index (κ1) is 16.5. The molecule has 0 aliphatic rings. The van der Waals surface area contributed by atoms with Gasteiger partial charge in [-0.15, -0.1) is 0 Å². The maximum absolute atomic E-state index is 12.0. The van der Waals surface area contributed by atoms with E-state index in [1.807, 2.05) is 18.2 Å². The maximum atomic E-state index is 12.0. The van der Waals surface area contributed by atoms with Gasteiger partial charge in [0.2, 0.25) is 10.0 Å². The summed E-state index contributed by atoms with van der Waals surface area (Å²) in [5, 5.41) is 12.1. The predicted molar refractivity (Wildman–Crippen MR) is 86.7 cm³/mol. The van der Waals surface area contributed by atoms with E-state index < -0.39 is 10.0 Å². The largest absolute Gasteiger partial charge is 0.624 e. The summed E-state index contributed by atoms with van der Waals surface area (Å²) in [5.41, 5.74) is 0.762. The minimum absolute atomic E-state index is 0.0117. The lowest BCUT2D eigenvalue weighted by Gasteiger charge is -2.07. The molecular formula is C15H15ClN2O3S. The third kappa shape index (κ3) is 4.84. The van der Waals surface area contributed by atoms with E-state index in [0.717, 1.165) is 5.56 Å². The first-order chi connectivity index (χ1) is 10.5. The Bertz CT molecular complexity index is 744. The highest BCUT2D eigenvalue weighted by atomic mass is 35.5. The smallest absolute Gasteiger partial charge is 0.240 e. The van der Waals surface area contributed by atoms with E-state index in [9.17, 15) is 13.6 Å². The average molecular weight is 339 g/mol. The molecule has 5 nitrogen and oxygen atoms in total. The Morgan fingerprint density at radius 1 is 1.09 bits per heavy atom. The van der Waals surface area contributed by atoms with Gasteiger partial charge in [-0.25, -0.2) is 17.9 Å². The molecule has 2 aromatic rings. The van der Waals surface area contributed by atoms with Crippen molar-refractivity contribution in [3.63, 3.8) is 0 Å². The van der Waals surface area contributed by atoms with E-state index in [2.05, 4.69) is 4.72 Å². The van der Waals surface area contributed by atoms with Gasteiger partial charge in [-0.3, -0.25) is 0 Å². The van der Waals surface area contributed by atoms with Gasteiger partial charge in [0.1, 0.15) is 0 Å². The van der Waals surface area contributed by atoms with Gasteiger partial charge in [0, 0.05) is 10.6 Å². The fourth-order valence-electron chi connectivity index (χ4n) is 1.76. The Balaban J connectivity index is 1.93. The molecule has 2 aromatic carbocycles. The number of sulfonamides is 1. The number of nitrogens with one attached hydrogen (secondary N) is 1. The van der Waals surface area contributed by atoms with Crippen molar-refractivity contribution in [3.8, 4) is 0 Å². The summed E-state index contributed by atoms with van der Waals surface area (Å²) in [6.07, 6.45) is 1.41. The van der Waals surface area contributed by atoms with E-state index in [0.29, 0.717) is 9.76 Å². The molecule has 0 aliphatic carbocycles. The number of rotatable bonds is 6. The summed E-state index contributed by atoms with van der Waals surface area (Å²) in [4.78, 5) is 0.112. The second-order valence-corrected chi connectivity index (χ2v) is 6.74. The van der Waals surface area contributed by atoms with Crippen LogP contribution in [0, 0.1) is 5.21 Å². The first-order valence-electron chi connectivity index (χ1n) is 6.56. The van der Waals surface area contributed by atoms with Gasteiger partial charge in [-0.2, -0.15) is 0 Å². The molecule has 22 heavy (non-hydrogen) atoms. The minimum atomic E-state index is -3.63. The summed E-state index contributed by atoms with van der Waals surface area (Å²) in [6.45, 7) is 0.0273. The fourth-order valence-corrected chi connectivity index (χ4v) is 2.90. The van der Waals surface area contributed by atoms with E-state index in [1.165, 1.54) is 30.5 Å². The number of hydrogen-bond donors (Lipinski definition) is 1. The van der Waals surface area contributed by atoms with Crippen molar-refractivity contribution >= 4 is 27.8 Å². The number of hydrogen-bond acceptors (Lipinski definition) is 3. The Kier molecular flexibility index (Phi) is 5.54. The van der Waals surface area contributed by atoms with Crippen LogP contribution >= 0.6 is 11.6 Å². The molecule has 2 rings (SSSR count). The normalized spacial score (nSPS) is 12.3. The lowest BCUT2D eigenvalue weighted by atomic mass is 10.2. The Morgan fingerprint density at radius 2 is 1.73 bits per heavy atom. The molecule has 7 heteroatoms. The summed E-state index contributed by atoms with van der Waals surface area (Å²) < 4.78 is 27.1. The van der Waals surface area contributed by atoms with Gasteiger partial charge in [-0.1, -0.05) is 29.8 Å². The van der Waals surface area contributed by atoms with Crippen LogP contribution < -0.4 is 4.72 Å². The molecule has 0 unspecified atom stereocenters. The Morgan fingerprint density at radius 3 is 2.36 bits per heavy atom. The molecule has 1 N–H and O–H groups in total. The van der Waals surface area contributed by atoms with E-state index in [4.69, 9.17) is 11.6 Å². The van der Waals surface area contributed by atoms with E-state index in [1.54, 1.807) is 12.1 Å². The summed E-state index contributed by atoms with van der Waals surface area (Å²) in [5.74, 6) is 0. The second-order valence-electron chi connectivity index (χ2n) is 4.53. The molecule has 0 heterocycles. The monoisotopic (exact) mass is 338 g/mol. The standard InChI is InChI=1S/C15H15ClN2O3S/c16-14-6-8-15(9-7-14)22(20,21)17-10-11-18(19)12-13-4-2-1-3-5-13/h1-9,12,17H,10-11H2/b18-12-. The molecule has 0 atom stereocenters. The van der Waals surface area contributed by atoms with Crippen LogP contribution in [0.25, 0.3) is 0 Å². The average Bonchev–Trinajstić information content (AvgIpc) is 2.48. The third-order valence-electron chi connectivity index (χ3n) is 2.84. The van der Waals surface area contributed by atoms with E-state index in [-0.39, 0.29) is 18.0 Å². The molecule has 0 aliphatic heterocycles. The van der Waals surface area contributed by atoms with Gasteiger partial charge in [0.25, 0.3) is 0 Å². The van der Waals surface area contributed by atoms with Crippen LogP contribution in [0.15, 0.2) is 59.5 Å². The SMILES string of the molecule is O=S(=O)(NCC/[N+]([O-])=C/c1ccccc1)c1ccc(Cl)cc1. The minimum Gasteiger partial charge on any atom is -0.624 e. The summed E-state index contributed by atoms with van der Waals surface area (Å²) in [7, 11) is -3.63. The van der Waals surface area contributed by atoms with Gasteiger partial charge >= 0.3 is 0 Å². The van der Waals surface area contributed by atoms with Crippen LogP contribution in [0.3, 0.4) is 0 Å². The quantitative estimate of drug-likeness (QED) is 0.380.